The van der Waals surface area contributed by atoms with Crippen molar-refractivity contribution in [1.29, 1.82) is 0 Å². The van der Waals surface area contributed by atoms with Crippen molar-refractivity contribution in [1.82, 2.24) is 4.98 Å². The number of hydrogen-bond donors (Lipinski definition) is 0. The largest absolute Gasteiger partial charge is 0.464 e. The minimum atomic E-state index is -0.663. The molecule has 1 aromatic rings. The van der Waals surface area contributed by atoms with Gasteiger partial charge in [-0.25, -0.2) is 14.2 Å². The lowest BCUT2D eigenvalue weighted by Crippen LogP contribution is -2.04. The number of nitrogens with zero attached hydrogens (tertiary/aromatic N) is 1. The number of halogens is 2. The summed E-state index contributed by atoms with van der Waals surface area (Å²) in [6.07, 6.45) is 0.870. The fourth-order valence-corrected chi connectivity index (χ4v) is 0.782. The van der Waals surface area contributed by atoms with Crippen molar-refractivity contribution >= 4 is 17.6 Å². The van der Waals surface area contributed by atoms with E-state index in [0.29, 0.717) is 0 Å². The van der Waals surface area contributed by atoms with E-state index < -0.39 is 11.8 Å². The van der Waals surface area contributed by atoms with Gasteiger partial charge >= 0.3 is 5.97 Å². The molecule has 3 nitrogen and oxygen atoms in total. The summed E-state index contributed by atoms with van der Waals surface area (Å²) in [6, 6.07) is 1.11. The molecule has 0 atom stereocenters. The summed E-state index contributed by atoms with van der Waals surface area (Å²) in [6.45, 7) is 0. The molecule has 0 amide bonds. The monoisotopic (exact) mass is 189 g/mol. The first kappa shape index (κ1) is 8.93. The van der Waals surface area contributed by atoms with Gasteiger partial charge in [0.25, 0.3) is 0 Å². The van der Waals surface area contributed by atoms with Crippen molar-refractivity contribution in [3.8, 4) is 0 Å². The Balaban J connectivity index is 3.05. The zero-order chi connectivity index (χ0) is 9.14. The first-order valence-corrected chi connectivity index (χ1v) is 3.42. The molecular formula is C7H5ClFNO2. The van der Waals surface area contributed by atoms with Crippen LogP contribution < -0.4 is 0 Å². The lowest BCUT2D eigenvalue weighted by Gasteiger charge is -1.98. The maximum Gasteiger partial charge on any atom is 0.356 e. The topological polar surface area (TPSA) is 39.2 Å². The predicted octanol–water partition coefficient (Wildman–Crippen LogP) is 1.66. The van der Waals surface area contributed by atoms with Crippen molar-refractivity contribution < 1.29 is 13.9 Å². The minimum absolute atomic E-state index is 0.0103. The fraction of sp³-hybridized carbons (Fsp3) is 0.143. The first-order chi connectivity index (χ1) is 5.65. The maximum absolute atomic E-state index is 12.5. The SMILES string of the molecule is COC(=O)c1cc(Cl)c(F)cn1. The molecule has 0 fully saturated rings. The summed E-state index contributed by atoms with van der Waals surface area (Å²) in [7, 11) is 1.21. The van der Waals surface area contributed by atoms with Crippen LogP contribution in [-0.4, -0.2) is 18.1 Å². The van der Waals surface area contributed by atoms with Crippen molar-refractivity contribution in [2.24, 2.45) is 0 Å². The zero-order valence-corrected chi connectivity index (χ0v) is 6.93. The van der Waals surface area contributed by atoms with Gasteiger partial charge < -0.3 is 4.74 Å². The Hall–Kier alpha value is -1.16. The van der Waals surface area contributed by atoms with Gasteiger partial charge in [-0.05, 0) is 6.07 Å². The smallest absolute Gasteiger partial charge is 0.356 e. The van der Waals surface area contributed by atoms with E-state index in [1.165, 1.54) is 7.11 Å². The molecule has 1 rings (SSSR count). The number of ether oxygens (including phenoxy) is 1. The van der Waals surface area contributed by atoms with Crippen LogP contribution in [0.25, 0.3) is 0 Å². The van der Waals surface area contributed by atoms with Crippen molar-refractivity contribution in [2.75, 3.05) is 7.11 Å². The average Bonchev–Trinajstić information content (AvgIpc) is 2.08. The molecule has 0 aliphatic carbocycles. The van der Waals surface area contributed by atoms with E-state index >= 15 is 0 Å². The lowest BCUT2D eigenvalue weighted by atomic mass is 10.3. The van der Waals surface area contributed by atoms with E-state index in [1.807, 2.05) is 0 Å². The molecule has 0 saturated carbocycles. The Morgan fingerprint density at radius 2 is 2.42 bits per heavy atom. The third-order valence-corrected chi connectivity index (χ3v) is 1.49. The van der Waals surface area contributed by atoms with Crippen LogP contribution in [0.3, 0.4) is 0 Å². The van der Waals surface area contributed by atoms with Crippen LogP contribution in [0.15, 0.2) is 12.3 Å². The Morgan fingerprint density at radius 1 is 1.75 bits per heavy atom. The highest BCUT2D eigenvalue weighted by molar-refractivity contribution is 6.31. The first-order valence-electron chi connectivity index (χ1n) is 3.04. The number of pyridine rings is 1. The molecular weight excluding hydrogens is 185 g/mol. The van der Waals surface area contributed by atoms with Crippen LogP contribution in [0.4, 0.5) is 4.39 Å². The Bertz CT molecular complexity index is 316. The van der Waals surface area contributed by atoms with Gasteiger partial charge in [0.2, 0.25) is 0 Å². The molecule has 0 aliphatic rings. The van der Waals surface area contributed by atoms with E-state index in [2.05, 4.69) is 9.72 Å². The van der Waals surface area contributed by atoms with Crippen LogP contribution in [0.2, 0.25) is 5.02 Å². The quantitative estimate of drug-likeness (QED) is 0.631. The second-order valence-electron chi connectivity index (χ2n) is 1.98. The molecule has 64 valence electrons. The number of esters is 1. The van der Waals surface area contributed by atoms with E-state index in [4.69, 9.17) is 11.6 Å². The predicted molar refractivity (Wildman–Crippen MR) is 40.5 cm³/mol. The third kappa shape index (κ3) is 1.71. The molecule has 1 heterocycles. The van der Waals surface area contributed by atoms with E-state index in [9.17, 15) is 9.18 Å². The summed E-state index contributed by atoms with van der Waals surface area (Å²) in [5.74, 6) is -1.30. The van der Waals surface area contributed by atoms with Gasteiger partial charge in [0.15, 0.2) is 5.82 Å². The summed E-state index contributed by atoms with van der Waals surface area (Å²) in [5, 5.41) is -0.148. The van der Waals surface area contributed by atoms with Gasteiger partial charge in [0, 0.05) is 0 Å². The van der Waals surface area contributed by atoms with Gasteiger partial charge in [-0.15, -0.1) is 0 Å². The summed E-state index contributed by atoms with van der Waals surface area (Å²) in [4.78, 5) is 14.3. The Morgan fingerprint density at radius 3 is 2.92 bits per heavy atom. The number of rotatable bonds is 1. The van der Waals surface area contributed by atoms with Crippen LogP contribution in [-0.2, 0) is 4.74 Å². The molecule has 12 heavy (non-hydrogen) atoms. The molecule has 0 spiro atoms. The highest BCUT2D eigenvalue weighted by Crippen LogP contribution is 2.13. The molecule has 0 unspecified atom stereocenters. The highest BCUT2D eigenvalue weighted by atomic mass is 35.5. The molecule has 5 heteroatoms. The van der Waals surface area contributed by atoms with Gasteiger partial charge in [-0.1, -0.05) is 11.6 Å². The van der Waals surface area contributed by atoms with Gasteiger partial charge in [-0.2, -0.15) is 0 Å². The second-order valence-corrected chi connectivity index (χ2v) is 2.38. The molecule has 0 radical (unpaired) electrons. The van der Waals surface area contributed by atoms with E-state index in [0.717, 1.165) is 12.3 Å². The van der Waals surface area contributed by atoms with E-state index in [1.54, 1.807) is 0 Å². The average molecular weight is 190 g/mol. The normalized spacial score (nSPS) is 9.58. The number of methoxy groups -OCH3 is 1. The fourth-order valence-electron chi connectivity index (χ4n) is 0.630. The minimum Gasteiger partial charge on any atom is -0.464 e. The molecule has 0 saturated heterocycles. The van der Waals surface area contributed by atoms with Crippen molar-refractivity contribution in [3.63, 3.8) is 0 Å². The highest BCUT2D eigenvalue weighted by Gasteiger charge is 2.09. The molecule has 0 N–H and O–H groups in total. The Kier molecular flexibility index (Phi) is 2.60. The van der Waals surface area contributed by atoms with Crippen LogP contribution in [0.5, 0.6) is 0 Å². The number of carbonyl (C=O) groups excluding carboxylic acids is 1. The van der Waals surface area contributed by atoms with Crippen LogP contribution >= 0.6 is 11.6 Å². The third-order valence-electron chi connectivity index (χ3n) is 1.20. The van der Waals surface area contributed by atoms with Crippen LogP contribution in [0, 0.1) is 5.82 Å². The second kappa shape index (κ2) is 3.49. The number of carbonyl (C=O) groups is 1. The molecule has 0 aromatic carbocycles. The molecule has 0 bridgehead atoms. The summed E-state index contributed by atoms with van der Waals surface area (Å²) in [5.41, 5.74) is -0.0103. The van der Waals surface area contributed by atoms with Gasteiger partial charge in [0.05, 0.1) is 18.3 Å². The molecule has 0 aliphatic heterocycles. The zero-order valence-electron chi connectivity index (χ0n) is 6.17. The van der Waals surface area contributed by atoms with E-state index in [-0.39, 0.29) is 10.7 Å². The summed E-state index contributed by atoms with van der Waals surface area (Å²) < 4.78 is 16.9. The lowest BCUT2D eigenvalue weighted by molar-refractivity contribution is 0.0594. The Labute approximate surface area is 73.1 Å². The van der Waals surface area contributed by atoms with Crippen molar-refractivity contribution in [2.45, 2.75) is 0 Å². The number of hydrogen-bond acceptors (Lipinski definition) is 3. The van der Waals surface area contributed by atoms with Gasteiger partial charge in [-0.3, -0.25) is 0 Å². The van der Waals surface area contributed by atoms with Crippen molar-refractivity contribution in [3.05, 3.63) is 28.8 Å². The maximum atomic E-state index is 12.5. The van der Waals surface area contributed by atoms with Crippen LogP contribution in [0.1, 0.15) is 10.5 Å². The van der Waals surface area contributed by atoms with Gasteiger partial charge in [0.1, 0.15) is 5.69 Å². The standard InChI is InChI=1S/C7H5ClFNO2/c1-12-7(11)6-2-4(8)5(9)3-10-6/h2-3H,1H3. The summed E-state index contributed by atoms with van der Waals surface area (Å²) >= 11 is 5.39. The molecule has 1 aromatic heterocycles. The number of aromatic nitrogens is 1.